The van der Waals surface area contributed by atoms with Gasteiger partial charge in [0.25, 0.3) is 0 Å². The highest BCUT2D eigenvalue weighted by molar-refractivity contribution is 6.35. The number of pyridine rings is 1. The Bertz CT molecular complexity index is 635. The molecule has 4 rings (SSSR count). The van der Waals surface area contributed by atoms with Crippen molar-refractivity contribution >= 4 is 22.5 Å². The average Bonchev–Trinajstić information content (AvgIpc) is 2.90. The maximum atomic E-state index is 6.26. The molecule has 2 aliphatic heterocycles. The second-order valence-electron chi connectivity index (χ2n) is 4.12. The molecule has 0 amide bonds. The van der Waals surface area contributed by atoms with Crippen molar-refractivity contribution in [2.24, 2.45) is 0 Å². The molecule has 1 aromatic carbocycles. The molecule has 16 heavy (non-hydrogen) atoms. The monoisotopic (exact) mass is 229 g/mol. The second kappa shape index (κ2) is 2.84. The summed E-state index contributed by atoms with van der Waals surface area (Å²) >= 11 is 6.26. The SMILES string of the molecule is Clc1cc2c(c3ncccc13)C1C=CC2O1. The zero-order valence-electron chi connectivity index (χ0n) is 8.35. The lowest BCUT2D eigenvalue weighted by Gasteiger charge is -2.11. The van der Waals surface area contributed by atoms with Gasteiger partial charge in [0.2, 0.25) is 0 Å². The lowest BCUT2D eigenvalue weighted by Crippen LogP contribution is -1.96. The van der Waals surface area contributed by atoms with Gasteiger partial charge in [0, 0.05) is 17.1 Å². The summed E-state index contributed by atoms with van der Waals surface area (Å²) in [5, 5.41) is 1.76. The fraction of sp³-hybridized carbons (Fsp3) is 0.154. The predicted molar refractivity (Wildman–Crippen MR) is 62.5 cm³/mol. The normalized spacial score (nSPS) is 25.3. The van der Waals surface area contributed by atoms with Crippen LogP contribution in [0.4, 0.5) is 0 Å². The van der Waals surface area contributed by atoms with Gasteiger partial charge in [-0.25, -0.2) is 0 Å². The Hall–Kier alpha value is -1.38. The molecule has 2 aromatic rings. The molecule has 0 aliphatic carbocycles. The minimum Gasteiger partial charge on any atom is -0.357 e. The average molecular weight is 230 g/mol. The Balaban J connectivity index is 2.18. The molecule has 0 spiro atoms. The van der Waals surface area contributed by atoms with E-state index < -0.39 is 0 Å². The molecule has 1 aromatic heterocycles. The predicted octanol–water partition coefficient (Wildman–Crippen LogP) is 3.57. The van der Waals surface area contributed by atoms with Gasteiger partial charge in [-0.3, -0.25) is 4.98 Å². The Morgan fingerprint density at radius 3 is 3.06 bits per heavy atom. The van der Waals surface area contributed by atoms with Crippen LogP contribution in [0.1, 0.15) is 23.3 Å². The largest absolute Gasteiger partial charge is 0.357 e. The maximum Gasteiger partial charge on any atom is 0.104 e. The first kappa shape index (κ1) is 8.74. The van der Waals surface area contributed by atoms with Crippen molar-refractivity contribution in [1.29, 1.82) is 0 Å². The molecular formula is C13H8ClNO. The van der Waals surface area contributed by atoms with Gasteiger partial charge in [0.1, 0.15) is 12.2 Å². The molecule has 0 radical (unpaired) electrons. The fourth-order valence-electron chi connectivity index (χ4n) is 2.57. The van der Waals surface area contributed by atoms with Crippen LogP contribution < -0.4 is 0 Å². The van der Waals surface area contributed by atoms with Crippen LogP contribution in [0.3, 0.4) is 0 Å². The number of hydrogen-bond acceptors (Lipinski definition) is 2. The van der Waals surface area contributed by atoms with E-state index >= 15 is 0 Å². The number of hydrogen-bond donors (Lipinski definition) is 0. The molecule has 3 heteroatoms. The van der Waals surface area contributed by atoms with Crippen molar-refractivity contribution in [3.8, 4) is 0 Å². The third-order valence-corrected chi connectivity index (χ3v) is 3.57. The molecule has 2 bridgehead atoms. The van der Waals surface area contributed by atoms with Crippen LogP contribution in [0.25, 0.3) is 10.9 Å². The zero-order valence-corrected chi connectivity index (χ0v) is 9.11. The van der Waals surface area contributed by atoms with E-state index in [0.29, 0.717) is 0 Å². The van der Waals surface area contributed by atoms with E-state index in [9.17, 15) is 0 Å². The van der Waals surface area contributed by atoms with E-state index in [1.54, 1.807) is 6.20 Å². The number of halogens is 1. The Labute approximate surface area is 97.5 Å². The number of rotatable bonds is 0. The van der Waals surface area contributed by atoms with E-state index in [-0.39, 0.29) is 12.2 Å². The molecular weight excluding hydrogens is 222 g/mol. The van der Waals surface area contributed by atoms with E-state index in [1.165, 1.54) is 11.1 Å². The van der Waals surface area contributed by atoms with Crippen LogP contribution in [-0.4, -0.2) is 4.98 Å². The first-order valence-corrected chi connectivity index (χ1v) is 5.63. The molecule has 0 saturated heterocycles. The van der Waals surface area contributed by atoms with Gasteiger partial charge in [-0.1, -0.05) is 23.8 Å². The third kappa shape index (κ3) is 0.938. The van der Waals surface area contributed by atoms with Crippen molar-refractivity contribution in [3.63, 3.8) is 0 Å². The van der Waals surface area contributed by atoms with Crippen LogP contribution >= 0.6 is 11.6 Å². The van der Waals surface area contributed by atoms with Gasteiger partial charge in [-0.2, -0.15) is 0 Å². The summed E-state index contributed by atoms with van der Waals surface area (Å²) in [6.45, 7) is 0. The van der Waals surface area contributed by atoms with Crippen LogP contribution in [0.15, 0.2) is 36.5 Å². The molecule has 0 saturated carbocycles. The Morgan fingerprint density at radius 1 is 1.25 bits per heavy atom. The standard InChI is InChI=1S/C13H8ClNO/c14-9-6-8-10-3-4-11(16-10)12(8)13-7(9)2-1-5-15-13/h1-6,10-11H. The summed E-state index contributed by atoms with van der Waals surface area (Å²) < 4.78 is 5.80. The van der Waals surface area contributed by atoms with Crippen molar-refractivity contribution in [2.75, 3.05) is 0 Å². The van der Waals surface area contributed by atoms with Crippen molar-refractivity contribution < 1.29 is 4.74 Å². The first-order valence-electron chi connectivity index (χ1n) is 5.25. The van der Waals surface area contributed by atoms with Crippen LogP contribution in [-0.2, 0) is 4.74 Å². The van der Waals surface area contributed by atoms with Crippen LogP contribution in [0, 0.1) is 0 Å². The highest BCUT2D eigenvalue weighted by atomic mass is 35.5. The van der Waals surface area contributed by atoms with E-state index in [1.807, 2.05) is 18.2 Å². The van der Waals surface area contributed by atoms with Gasteiger partial charge in [0.05, 0.1) is 10.5 Å². The fourth-order valence-corrected chi connectivity index (χ4v) is 2.84. The number of ether oxygens (including phenoxy) is 1. The van der Waals surface area contributed by atoms with Crippen LogP contribution in [0.5, 0.6) is 0 Å². The number of nitrogens with zero attached hydrogens (tertiary/aromatic N) is 1. The quantitative estimate of drug-likeness (QED) is 0.645. The van der Waals surface area contributed by atoms with E-state index in [2.05, 4.69) is 17.1 Å². The summed E-state index contributed by atoms with van der Waals surface area (Å²) in [4.78, 5) is 4.43. The summed E-state index contributed by atoms with van der Waals surface area (Å²) in [5.41, 5.74) is 3.33. The second-order valence-corrected chi connectivity index (χ2v) is 4.53. The van der Waals surface area contributed by atoms with Crippen LogP contribution in [0.2, 0.25) is 5.02 Å². The summed E-state index contributed by atoms with van der Waals surface area (Å²) in [5.74, 6) is 0. The Morgan fingerprint density at radius 2 is 2.12 bits per heavy atom. The molecule has 2 unspecified atom stereocenters. The van der Waals surface area contributed by atoms with E-state index in [0.717, 1.165) is 15.9 Å². The lowest BCUT2D eigenvalue weighted by molar-refractivity contribution is 0.0882. The molecule has 3 heterocycles. The minimum atomic E-state index is 0.0645. The van der Waals surface area contributed by atoms with Gasteiger partial charge in [-0.05, 0) is 23.8 Å². The first-order chi connectivity index (χ1) is 7.84. The topological polar surface area (TPSA) is 22.1 Å². The summed E-state index contributed by atoms with van der Waals surface area (Å²) in [6, 6.07) is 5.92. The minimum absolute atomic E-state index is 0.0645. The zero-order chi connectivity index (χ0) is 10.7. The molecule has 2 atom stereocenters. The highest BCUT2D eigenvalue weighted by Gasteiger charge is 2.36. The summed E-state index contributed by atoms with van der Waals surface area (Å²) in [7, 11) is 0. The van der Waals surface area contributed by atoms with Gasteiger partial charge in [0.15, 0.2) is 0 Å². The van der Waals surface area contributed by atoms with Crippen molar-refractivity contribution in [3.05, 3.63) is 52.7 Å². The van der Waals surface area contributed by atoms with Crippen molar-refractivity contribution in [1.82, 2.24) is 4.98 Å². The molecule has 0 fully saturated rings. The molecule has 2 aliphatic rings. The lowest BCUT2D eigenvalue weighted by atomic mass is 9.94. The van der Waals surface area contributed by atoms with Gasteiger partial charge >= 0.3 is 0 Å². The maximum absolute atomic E-state index is 6.26. The molecule has 2 nitrogen and oxygen atoms in total. The number of aromatic nitrogens is 1. The molecule has 78 valence electrons. The number of fused-ring (bicyclic) bond motifs is 7. The highest BCUT2D eigenvalue weighted by Crippen LogP contribution is 2.49. The third-order valence-electron chi connectivity index (χ3n) is 3.26. The number of benzene rings is 1. The summed E-state index contributed by atoms with van der Waals surface area (Å²) in [6.07, 6.45) is 6.11. The Kier molecular flexibility index (Phi) is 1.55. The van der Waals surface area contributed by atoms with Crippen molar-refractivity contribution in [2.45, 2.75) is 12.2 Å². The van der Waals surface area contributed by atoms with E-state index in [4.69, 9.17) is 16.3 Å². The van der Waals surface area contributed by atoms with Gasteiger partial charge < -0.3 is 4.74 Å². The smallest absolute Gasteiger partial charge is 0.104 e. The molecule has 0 N–H and O–H groups in total. The van der Waals surface area contributed by atoms with Gasteiger partial charge in [-0.15, -0.1) is 0 Å².